The predicted octanol–water partition coefficient (Wildman–Crippen LogP) is 6.38. The van der Waals surface area contributed by atoms with Gasteiger partial charge in [0.05, 0.1) is 10.6 Å². The van der Waals surface area contributed by atoms with Gasteiger partial charge in [0.2, 0.25) is 5.91 Å². The normalized spacial score (nSPS) is 12.0. The van der Waals surface area contributed by atoms with Crippen LogP contribution in [0.2, 0.25) is 0 Å². The van der Waals surface area contributed by atoms with Crippen molar-refractivity contribution in [2.24, 2.45) is 0 Å². The molecule has 4 aromatic rings. The van der Waals surface area contributed by atoms with Gasteiger partial charge in [0.15, 0.2) is 5.78 Å². The van der Waals surface area contributed by atoms with Crippen molar-refractivity contribution in [1.29, 1.82) is 0 Å². The number of carbonyl (C=O) groups is 2. The molecule has 162 valence electrons. The van der Waals surface area contributed by atoms with Crippen LogP contribution in [0, 0.1) is 6.92 Å². The summed E-state index contributed by atoms with van der Waals surface area (Å²) < 4.78 is 0. The third-order valence-electron chi connectivity index (χ3n) is 5.17. The Bertz CT molecular complexity index is 1260. The highest BCUT2D eigenvalue weighted by Crippen LogP contribution is 2.39. The van der Waals surface area contributed by atoms with Gasteiger partial charge in [0.1, 0.15) is 16.2 Å². The number of anilines is 1. The number of benzene rings is 2. The predicted molar refractivity (Wildman–Crippen MR) is 133 cm³/mol. The van der Waals surface area contributed by atoms with Crippen LogP contribution in [0.5, 0.6) is 0 Å². The number of hydrogen-bond acceptors (Lipinski definition) is 6. The van der Waals surface area contributed by atoms with Crippen molar-refractivity contribution in [3.8, 4) is 11.1 Å². The smallest absolute Gasteiger partial charge is 0.237 e. The maximum atomic E-state index is 13.0. The molecule has 4 rings (SSSR count). The first-order valence-electron chi connectivity index (χ1n) is 10.3. The molecular weight excluding hydrogens is 438 g/mol. The van der Waals surface area contributed by atoms with Crippen LogP contribution in [0.4, 0.5) is 5.69 Å². The van der Waals surface area contributed by atoms with Gasteiger partial charge in [-0.1, -0.05) is 48.5 Å². The first-order valence-corrected chi connectivity index (χ1v) is 12.1. The van der Waals surface area contributed by atoms with Crippen molar-refractivity contribution >= 4 is 50.7 Å². The summed E-state index contributed by atoms with van der Waals surface area (Å²) in [7, 11) is 0. The van der Waals surface area contributed by atoms with E-state index in [4.69, 9.17) is 0 Å². The van der Waals surface area contributed by atoms with E-state index in [0.29, 0.717) is 17.7 Å². The van der Waals surface area contributed by atoms with Crippen LogP contribution in [0.25, 0.3) is 21.3 Å². The molecule has 1 N–H and O–H groups in total. The summed E-state index contributed by atoms with van der Waals surface area (Å²) in [5, 5.41) is 6.55. The van der Waals surface area contributed by atoms with Gasteiger partial charge in [-0.05, 0) is 50.1 Å². The molecule has 0 saturated carbocycles. The molecule has 2 aromatic heterocycles. The number of fused-ring (bicyclic) bond motifs is 1. The quantitative estimate of drug-likeness (QED) is 0.196. The highest BCUT2D eigenvalue weighted by atomic mass is 32.2. The van der Waals surface area contributed by atoms with Crippen LogP contribution in [0.1, 0.15) is 36.2 Å². The number of nitrogens with zero attached hydrogens (tertiary/aromatic N) is 2. The molecule has 32 heavy (non-hydrogen) atoms. The minimum absolute atomic E-state index is 0.00205. The van der Waals surface area contributed by atoms with Gasteiger partial charge >= 0.3 is 0 Å². The van der Waals surface area contributed by atoms with Gasteiger partial charge in [-0.15, -0.1) is 11.3 Å². The fourth-order valence-corrected chi connectivity index (χ4v) is 5.37. The van der Waals surface area contributed by atoms with E-state index in [9.17, 15) is 9.59 Å². The molecule has 1 amide bonds. The Morgan fingerprint density at radius 1 is 1.06 bits per heavy atom. The number of amides is 1. The summed E-state index contributed by atoms with van der Waals surface area (Å²) >= 11 is 3.04. The molecule has 0 saturated heterocycles. The van der Waals surface area contributed by atoms with E-state index in [-0.39, 0.29) is 16.9 Å². The SMILES string of the molecule is CCC(Sc1ncnc2scc(-c3ccc(C)cc3)c12)C(=O)Nc1ccc(C(C)=O)cc1. The zero-order valence-corrected chi connectivity index (χ0v) is 19.7. The maximum absolute atomic E-state index is 13.0. The Hall–Kier alpha value is -3.03. The molecule has 1 atom stereocenters. The average molecular weight is 462 g/mol. The average Bonchev–Trinajstić information content (AvgIpc) is 3.23. The van der Waals surface area contributed by atoms with E-state index in [1.54, 1.807) is 41.9 Å². The summed E-state index contributed by atoms with van der Waals surface area (Å²) in [5.41, 5.74) is 4.69. The molecule has 0 bridgehead atoms. The summed E-state index contributed by atoms with van der Waals surface area (Å²) in [5.74, 6) is -0.0928. The summed E-state index contributed by atoms with van der Waals surface area (Å²) in [4.78, 5) is 34.3. The zero-order chi connectivity index (χ0) is 22.7. The third kappa shape index (κ3) is 4.74. The molecule has 7 heteroatoms. The van der Waals surface area contributed by atoms with E-state index < -0.39 is 0 Å². The van der Waals surface area contributed by atoms with Crippen LogP contribution < -0.4 is 5.32 Å². The van der Waals surface area contributed by atoms with Crippen LogP contribution in [-0.4, -0.2) is 26.9 Å². The van der Waals surface area contributed by atoms with Gasteiger partial charge < -0.3 is 5.32 Å². The molecule has 0 aliphatic carbocycles. The number of thiophene rings is 1. The van der Waals surface area contributed by atoms with Crippen LogP contribution in [0.3, 0.4) is 0 Å². The van der Waals surface area contributed by atoms with Crippen molar-refractivity contribution in [3.05, 3.63) is 71.4 Å². The van der Waals surface area contributed by atoms with E-state index in [0.717, 1.165) is 26.4 Å². The van der Waals surface area contributed by atoms with E-state index in [1.165, 1.54) is 24.2 Å². The standard InChI is InChI=1S/C25H23N3O2S2/c1-4-21(23(30)28-19-11-9-17(10-12-19)16(3)29)32-25-22-20(13-31-24(22)26-14-27-25)18-7-5-15(2)6-8-18/h5-14,21H,4H2,1-3H3,(H,28,30). The summed E-state index contributed by atoms with van der Waals surface area (Å²) in [6, 6.07) is 15.3. The number of rotatable bonds is 7. The lowest BCUT2D eigenvalue weighted by Crippen LogP contribution is -2.24. The first kappa shape index (κ1) is 22.2. The maximum Gasteiger partial charge on any atom is 0.237 e. The van der Waals surface area contributed by atoms with Gasteiger partial charge in [0, 0.05) is 22.2 Å². The highest BCUT2D eigenvalue weighted by Gasteiger charge is 2.22. The number of carbonyl (C=O) groups excluding carboxylic acids is 2. The second-order valence-electron chi connectivity index (χ2n) is 7.51. The van der Waals surface area contributed by atoms with Crippen LogP contribution in [-0.2, 0) is 4.79 Å². The van der Waals surface area contributed by atoms with Crippen molar-refractivity contribution in [2.75, 3.05) is 5.32 Å². The van der Waals surface area contributed by atoms with Crippen LogP contribution in [0.15, 0.2) is 65.3 Å². The van der Waals surface area contributed by atoms with Crippen molar-refractivity contribution in [2.45, 2.75) is 37.5 Å². The number of aromatic nitrogens is 2. The molecular formula is C25H23N3O2S2. The molecule has 0 aliphatic rings. The summed E-state index contributed by atoms with van der Waals surface area (Å²) in [6.07, 6.45) is 2.21. The Morgan fingerprint density at radius 3 is 2.44 bits per heavy atom. The number of aryl methyl sites for hydroxylation is 1. The first-order chi connectivity index (χ1) is 15.5. The lowest BCUT2D eigenvalue weighted by Gasteiger charge is -2.15. The van der Waals surface area contributed by atoms with Crippen molar-refractivity contribution in [1.82, 2.24) is 9.97 Å². The number of nitrogens with one attached hydrogen (secondary N) is 1. The van der Waals surface area contributed by atoms with Gasteiger partial charge in [-0.25, -0.2) is 9.97 Å². The number of Topliss-reactive ketones (excluding diaryl/α,β-unsaturated/α-hetero) is 1. The lowest BCUT2D eigenvalue weighted by molar-refractivity contribution is -0.115. The topological polar surface area (TPSA) is 72.0 Å². The van der Waals surface area contributed by atoms with E-state index >= 15 is 0 Å². The Labute approximate surface area is 195 Å². The molecule has 0 fully saturated rings. The Morgan fingerprint density at radius 2 is 1.78 bits per heavy atom. The highest BCUT2D eigenvalue weighted by molar-refractivity contribution is 8.00. The molecule has 0 radical (unpaired) electrons. The van der Waals surface area contributed by atoms with Crippen molar-refractivity contribution < 1.29 is 9.59 Å². The number of hydrogen-bond donors (Lipinski definition) is 1. The fourth-order valence-electron chi connectivity index (χ4n) is 3.35. The largest absolute Gasteiger partial charge is 0.325 e. The monoisotopic (exact) mass is 461 g/mol. The number of thioether (sulfide) groups is 1. The fraction of sp³-hybridized carbons (Fsp3) is 0.200. The van der Waals surface area contributed by atoms with E-state index in [1.807, 2.05) is 6.92 Å². The van der Waals surface area contributed by atoms with Crippen LogP contribution >= 0.6 is 23.1 Å². The van der Waals surface area contributed by atoms with E-state index in [2.05, 4.69) is 51.9 Å². The minimum Gasteiger partial charge on any atom is -0.325 e. The Kier molecular flexibility index (Phi) is 6.67. The molecule has 0 spiro atoms. The molecule has 5 nitrogen and oxygen atoms in total. The Balaban J connectivity index is 1.59. The van der Waals surface area contributed by atoms with Crippen molar-refractivity contribution in [3.63, 3.8) is 0 Å². The van der Waals surface area contributed by atoms with Gasteiger partial charge in [-0.3, -0.25) is 9.59 Å². The molecule has 0 aliphatic heterocycles. The zero-order valence-electron chi connectivity index (χ0n) is 18.1. The molecule has 2 aromatic carbocycles. The second-order valence-corrected chi connectivity index (χ2v) is 9.56. The third-order valence-corrected chi connectivity index (χ3v) is 7.43. The molecule has 1 unspecified atom stereocenters. The molecule has 2 heterocycles. The summed E-state index contributed by atoms with van der Waals surface area (Å²) in [6.45, 7) is 5.58. The van der Waals surface area contributed by atoms with Gasteiger partial charge in [0.25, 0.3) is 0 Å². The lowest BCUT2D eigenvalue weighted by atomic mass is 10.1. The minimum atomic E-state index is -0.314. The second kappa shape index (κ2) is 9.63. The number of ketones is 1. The van der Waals surface area contributed by atoms with Gasteiger partial charge in [-0.2, -0.15) is 0 Å².